The minimum Gasteiger partial charge on any atom is -0.497 e. The zero-order valence-electron chi connectivity index (χ0n) is 11.8. The molecule has 1 atom stereocenters. The maximum atomic E-state index is 11.5. The number of aliphatic carboxylic acids is 1. The SMILES string of the molecule is COc1ccc(CCC(C(=O)O)c2cccc(Br)c2)cc1. The first-order valence-electron chi connectivity index (χ1n) is 6.71. The van der Waals surface area contributed by atoms with Crippen LogP contribution in [0, 0.1) is 0 Å². The Morgan fingerprint density at radius 3 is 2.52 bits per heavy atom. The van der Waals surface area contributed by atoms with Gasteiger partial charge >= 0.3 is 5.97 Å². The van der Waals surface area contributed by atoms with Gasteiger partial charge in [0.25, 0.3) is 0 Å². The third kappa shape index (κ3) is 4.33. The zero-order valence-corrected chi connectivity index (χ0v) is 13.3. The molecule has 0 aliphatic heterocycles. The first-order valence-corrected chi connectivity index (χ1v) is 7.50. The van der Waals surface area contributed by atoms with Crippen molar-refractivity contribution in [2.45, 2.75) is 18.8 Å². The normalized spacial score (nSPS) is 11.9. The number of hydrogen-bond acceptors (Lipinski definition) is 2. The lowest BCUT2D eigenvalue weighted by Crippen LogP contribution is -2.12. The van der Waals surface area contributed by atoms with Gasteiger partial charge in [0.05, 0.1) is 13.0 Å². The van der Waals surface area contributed by atoms with Crippen molar-refractivity contribution in [2.75, 3.05) is 7.11 Å². The molecule has 0 aliphatic rings. The summed E-state index contributed by atoms with van der Waals surface area (Å²) in [5, 5.41) is 9.44. The second-order valence-corrected chi connectivity index (χ2v) is 5.75. The molecule has 1 N–H and O–H groups in total. The van der Waals surface area contributed by atoms with Gasteiger partial charge in [0.15, 0.2) is 0 Å². The summed E-state index contributed by atoms with van der Waals surface area (Å²) in [7, 11) is 1.63. The molecule has 110 valence electrons. The van der Waals surface area contributed by atoms with Gasteiger partial charge in [-0.05, 0) is 48.2 Å². The van der Waals surface area contributed by atoms with Crippen LogP contribution in [-0.4, -0.2) is 18.2 Å². The quantitative estimate of drug-likeness (QED) is 0.848. The Kier molecular flexibility index (Phi) is 5.39. The highest BCUT2D eigenvalue weighted by molar-refractivity contribution is 9.10. The van der Waals surface area contributed by atoms with E-state index in [-0.39, 0.29) is 0 Å². The van der Waals surface area contributed by atoms with E-state index >= 15 is 0 Å². The summed E-state index contributed by atoms with van der Waals surface area (Å²) in [6.45, 7) is 0. The molecule has 21 heavy (non-hydrogen) atoms. The average Bonchev–Trinajstić information content (AvgIpc) is 2.48. The molecule has 4 heteroatoms. The van der Waals surface area contributed by atoms with Crippen molar-refractivity contribution in [3.8, 4) is 5.75 Å². The number of carboxylic acids is 1. The van der Waals surface area contributed by atoms with E-state index in [4.69, 9.17) is 4.74 Å². The molecule has 0 saturated carbocycles. The van der Waals surface area contributed by atoms with Gasteiger partial charge < -0.3 is 9.84 Å². The highest BCUT2D eigenvalue weighted by atomic mass is 79.9. The predicted molar refractivity (Wildman–Crippen MR) is 85.8 cm³/mol. The van der Waals surface area contributed by atoms with Crippen molar-refractivity contribution in [1.82, 2.24) is 0 Å². The second kappa shape index (κ2) is 7.27. The second-order valence-electron chi connectivity index (χ2n) is 4.83. The number of halogens is 1. The van der Waals surface area contributed by atoms with Gasteiger partial charge in [-0.3, -0.25) is 4.79 Å². The summed E-state index contributed by atoms with van der Waals surface area (Å²) in [5.41, 5.74) is 1.93. The topological polar surface area (TPSA) is 46.5 Å². The molecule has 2 aromatic rings. The Morgan fingerprint density at radius 1 is 1.24 bits per heavy atom. The van der Waals surface area contributed by atoms with E-state index in [1.807, 2.05) is 48.5 Å². The summed E-state index contributed by atoms with van der Waals surface area (Å²) in [5.74, 6) is -0.480. The Morgan fingerprint density at radius 2 is 1.95 bits per heavy atom. The van der Waals surface area contributed by atoms with Crippen LogP contribution in [0.15, 0.2) is 53.0 Å². The third-order valence-corrected chi connectivity index (χ3v) is 3.92. The van der Waals surface area contributed by atoms with Gasteiger partial charge in [-0.2, -0.15) is 0 Å². The Labute approximate surface area is 132 Å². The molecular weight excluding hydrogens is 332 g/mol. The number of carboxylic acid groups (broad SMARTS) is 1. The van der Waals surface area contributed by atoms with Crippen molar-refractivity contribution in [2.24, 2.45) is 0 Å². The average molecular weight is 349 g/mol. The molecule has 2 aromatic carbocycles. The molecule has 1 unspecified atom stereocenters. The smallest absolute Gasteiger partial charge is 0.310 e. The number of benzene rings is 2. The fourth-order valence-corrected chi connectivity index (χ4v) is 2.68. The summed E-state index contributed by atoms with van der Waals surface area (Å²) < 4.78 is 6.01. The van der Waals surface area contributed by atoms with Crippen molar-refractivity contribution in [1.29, 1.82) is 0 Å². The third-order valence-electron chi connectivity index (χ3n) is 3.43. The molecule has 0 saturated heterocycles. The van der Waals surface area contributed by atoms with E-state index in [0.717, 1.165) is 21.3 Å². The number of aryl methyl sites for hydroxylation is 1. The molecule has 2 rings (SSSR count). The minimum absolute atomic E-state index is 0.496. The van der Waals surface area contributed by atoms with Crippen molar-refractivity contribution < 1.29 is 14.6 Å². The van der Waals surface area contributed by atoms with Gasteiger partial charge in [-0.1, -0.05) is 40.2 Å². The summed E-state index contributed by atoms with van der Waals surface area (Å²) >= 11 is 3.38. The standard InChI is InChI=1S/C17H17BrO3/c1-21-15-8-5-12(6-9-15)7-10-16(17(19)20)13-3-2-4-14(18)11-13/h2-6,8-9,11,16H,7,10H2,1H3,(H,19,20). The molecule has 0 aliphatic carbocycles. The van der Waals surface area contributed by atoms with Crippen LogP contribution in [0.4, 0.5) is 0 Å². The van der Waals surface area contributed by atoms with Crippen LogP contribution in [-0.2, 0) is 11.2 Å². The lowest BCUT2D eigenvalue weighted by Gasteiger charge is -2.13. The van der Waals surface area contributed by atoms with Gasteiger partial charge in [0, 0.05) is 4.47 Å². The van der Waals surface area contributed by atoms with Gasteiger partial charge in [-0.25, -0.2) is 0 Å². The molecule has 0 spiro atoms. The van der Waals surface area contributed by atoms with Crippen LogP contribution >= 0.6 is 15.9 Å². The van der Waals surface area contributed by atoms with Crippen LogP contribution in [0.2, 0.25) is 0 Å². The number of hydrogen-bond donors (Lipinski definition) is 1. The first-order chi connectivity index (χ1) is 10.1. The van der Waals surface area contributed by atoms with Crippen molar-refractivity contribution in [3.05, 3.63) is 64.1 Å². The van der Waals surface area contributed by atoms with Crippen molar-refractivity contribution in [3.63, 3.8) is 0 Å². The molecule has 0 radical (unpaired) electrons. The van der Waals surface area contributed by atoms with Crippen LogP contribution < -0.4 is 4.74 Å². The number of ether oxygens (including phenoxy) is 1. The Bertz CT molecular complexity index is 608. The zero-order chi connectivity index (χ0) is 15.2. The summed E-state index contributed by atoms with van der Waals surface area (Å²) in [6.07, 6.45) is 1.28. The number of methoxy groups -OCH3 is 1. The Balaban J connectivity index is 2.08. The van der Waals surface area contributed by atoms with Gasteiger partial charge in [-0.15, -0.1) is 0 Å². The largest absolute Gasteiger partial charge is 0.497 e. The maximum Gasteiger partial charge on any atom is 0.310 e. The molecule has 0 amide bonds. The lowest BCUT2D eigenvalue weighted by molar-refractivity contribution is -0.138. The highest BCUT2D eigenvalue weighted by Crippen LogP contribution is 2.25. The molecule has 3 nitrogen and oxygen atoms in total. The molecule has 0 bridgehead atoms. The van der Waals surface area contributed by atoms with E-state index in [9.17, 15) is 9.90 Å². The van der Waals surface area contributed by atoms with Crippen LogP contribution in [0.5, 0.6) is 5.75 Å². The Hall–Kier alpha value is -1.81. The van der Waals surface area contributed by atoms with E-state index in [1.165, 1.54) is 0 Å². The van der Waals surface area contributed by atoms with E-state index < -0.39 is 11.9 Å². The molecule has 0 aromatic heterocycles. The van der Waals surface area contributed by atoms with Crippen LogP contribution in [0.1, 0.15) is 23.5 Å². The summed E-state index contributed by atoms with van der Waals surface area (Å²) in [6, 6.07) is 15.2. The fourth-order valence-electron chi connectivity index (χ4n) is 2.26. The lowest BCUT2D eigenvalue weighted by atomic mass is 9.92. The predicted octanol–water partition coefficient (Wildman–Crippen LogP) is 4.26. The van der Waals surface area contributed by atoms with E-state index in [2.05, 4.69) is 15.9 Å². The number of rotatable bonds is 6. The summed E-state index contributed by atoms with van der Waals surface area (Å²) in [4.78, 5) is 11.5. The maximum absolute atomic E-state index is 11.5. The van der Waals surface area contributed by atoms with Crippen LogP contribution in [0.3, 0.4) is 0 Å². The monoisotopic (exact) mass is 348 g/mol. The number of carbonyl (C=O) groups is 1. The van der Waals surface area contributed by atoms with Crippen molar-refractivity contribution >= 4 is 21.9 Å². The minimum atomic E-state index is -0.790. The highest BCUT2D eigenvalue weighted by Gasteiger charge is 2.19. The van der Waals surface area contributed by atoms with Crippen LogP contribution in [0.25, 0.3) is 0 Å². The van der Waals surface area contributed by atoms with Gasteiger partial charge in [0.2, 0.25) is 0 Å². The van der Waals surface area contributed by atoms with Gasteiger partial charge in [0.1, 0.15) is 5.75 Å². The first kappa shape index (κ1) is 15.6. The molecule has 0 heterocycles. The van der Waals surface area contributed by atoms with E-state index in [1.54, 1.807) is 7.11 Å². The van der Waals surface area contributed by atoms with E-state index in [0.29, 0.717) is 12.8 Å². The molecule has 0 fully saturated rings. The fraction of sp³-hybridized carbons (Fsp3) is 0.235. The molecular formula is C17H17BrO3.